The number of carbonyl (C=O) groups is 2. The zero-order valence-electron chi connectivity index (χ0n) is 25.6. The van der Waals surface area contributed by atoms with Crippen LogP contribution in [0.4, 0.5) is 11.4 Å². The predicted molar refractivity (Wildman–Crippen MR) is 174 cm³/mol. The van der Waals surface area contributed by atoms with Crippen LogP contribution in [0.25, 0.3) is 6.08 Å². The van der Waals surface area contributed by atoms with Gasteiger partial charge in [0.25, 0.3) is 0 Å². The average Bonchev–Trinajstić information content (AvgIpc) is 3.01. The van der Waals surface area contributed by atoms with Crippen molar-refractivity contribution in [2.24, 2.45) is 28.7 Å². The van der Waals surface area contributed by atoms with Crippen LogP contribution in [0.5, 0.6) is 5.75 Å². The molecule has 0 spiro atoms. The zero-order valence-corrected chi connectivity index (χ0v) is 25.6. The number of nitrogens with zero attached hydrogens (tertiary/aromatic N) is 1. The lowest BCUT2D eigenvalue weighted by atomic mass is 9.74. The van der Waals surface area contributed by atoms with Crippen molar-refractivity contribution in [2.45, 2.75) is 96.5 Å². The fourth-order valence-corrected chi connectivity index (χ4v) is 7.44. The first-order chi connectivity index (χ1) is 21.0. The van der Waals surface area contributed by atoms with E-state index in [-0.39, 0.29) is 24.1 Å². The number of ketones is 1. The molecule has 2 fully saturated rings. The standard InChI is InChI=1S/C37H48N2O4/c1-2-30-23-33(40)16-14-32(30)25-43-37(42)22-28-7-3-5-27(6-4-8-28)21-29-11-9-26(10-12-29)13-18-36(41)31-15-17-34-35(24-31)39-20-19-38-34/h2,14-17,20,23-24,26-29,38,40H,1,3-13,18-19,21-22,25H2. The van der Waals surface area contributed by atoms with Gasteiger partial charge in [-0.3, -0.25) is 14.6 Å². The maximum absolute atomic E-state index is 12.9. The number of phenolic OH excluding ortho intramolecular Hbond substituents is 1. The zero-order chi connectivity index (χ0) is 30.0. The number of benzene rings is 2. The van der Waals surface area contributed by atoms with Gasteiger partial charge in [-0.15, -0.1) is 0 Å². The largest absolute Gasteiger partial charge is 0.508 e. The van der Waals surface area contributed by atoms with Crippen molar-refractivity contribution < 1.29 is 19.4 Å². The van der Waals surface area contributed by atoms with E-state index in [1.807, 2.05) is 24.4 Å². The fraction of sp³-hybridized carbons (Fsp3) is 0.541. The molecule has 1 heterocycles. The van der Waals surface area contributed by atoms with Gasteiger partial charge in [0.1, 0.15) is 12.4 Å². The molecule has 0 amide bonds. The summed E-state index contributed by atoms with van der Waals surface area (Å²) in [4.78, 5) is 29.9. The highest BCUT2D eigenvalue weighted by Crippen LogP contribution is 2.39. The molecule has 2 saturated carbocycles. The highest BCUT2D eigenvalue weighted by molar-refractivity contribution is 5.98. The maximum Gasteiger partial charge on any atom is 0.306 e. The third-order valence-electron chi connectivity index (χ3n) is 9.99. The quantitative estimate of drug-likeness (QED) is 0.203. The minimum Gasteiger partial charge on any atom is -0.508 e. The van der Waals surface area contributed by atoms with Crippen LogP contribution < -0.4 is 5.32 Å². The fourth-order valence-electron chi connectivity index (χ4n) is 7.44. The van der Waals surface area contributed by atoms with Crippen LogP contribution in [-0.4, -0.2) is 29.6 Å². The Hall–Kier alpha value is -3.41. The van der Waals surface area contributed by atoms with Gasteiger partial charge in [-0.1, -0.05) is 70.1 Å². The van der Waals surface area contributed by atoms with E-state index in [1.54, 1.807) is 24.3 Å². The molecular formula is C37H48N2O4. The molecule has 2 N–H and O–H groups in total. The minimum absolute atomic E-state index is 0.127. The summed E-state index contributed by atoms with van der Waals surface area (Å²) in [6, 6.07) is 10.9. The molecule has 0 unspecified atom stereocenters. The SMILES string of the molecule is C=Cc1cc(O)ccc1COC(=O)CC1CCCC(CC2CCC(CCC(=O)c3ccc4c(c3)N=CCN4)CC2)CCC1. The lowest BCUT2D eigenvalue weighted by molar-refractivity contribution is -0.146. The second-order valence-electron chi connectivity index (χ2n) is 13.1. The number of rotatable bonds is 11. The average molecular weight is 585 g/mol. The molecule has 0 aromatic heterocycles. The van der Waals surface area contributed by atoms with Gasteiger partial charge in [0.05, 0.1) is 17.9 Å². The summed E-state index contributed by atoms with van der Waals surface area (Å²) in [6.45, 7) is 4.74. The Morgan fingerprint density at radius 3 is 2.42 bits per heavy atom. The molecule has 2 aliphatic carbocycles. The number of nitrogens with one attached hydrogen (secondary N) is 1. The third kappa shape index (κ3) is 9.04. The van der Waals surface area contributed by atoms with E-state index in [9.17, 15) is 14.7 Å². The van der Waals surface area contributed by atoms with Gasteiger partial charge < -0.3 is 15.2 Å². The molecule has 3 aliphatic rings. The number of aromatic hydroxyl groups is 1. The van der Waals surface area contributed by atoms with Crippen molar-refractivity contribution in [1.29, 1.82) is 0 Å². The van der Waals surface area contributed by atoms with Crippen molar-refractivity contribution in [3.8, 4) is 5.75 Å². The van der Waals surface area contributed by atoms with Crippen LogP contribution in [-0.2, 0) is 16.1 Å². The van der Waals surface area contributed by atoms with E-state index < -0.39 is 0 Å². The summed E-state index contributed by atoms with van der Waals surface area (Å²) in [5, 5.41) is 12.9. The van der Waals surface area contributed by atoms with Crippen molar-refractivity contribution in [3.05, 3.63) is 59.7 Å². The van der Waals surface area contributed by atoms with Crippen LogP contribution in [0.15, 0.2) is 48.0 Å². The Bertz CT molecular complexity index is 1280. The minimum atomic E-state index is -0.127. The molecule has 2 aromatic carbocycles. The molecule has 230 valence electrons. The van der Waals surface area contributed by atoms with Crippen LogP contribution in [0.1, 0.15) is 111 Å². The molecule has 0 saturated heterocycles. The van der Waals surface area contributed by atoms with Crippen molar-refractivity contribution in [1.82, 2.24) is 0 Å². The van der Waals surface area contributed by atoms with Crippen LogP contribution in [0.2, 0.25) is 0 Å². The first kappa shape index (κ1) is 31.0. The maximum atomic E-state index is 12.9. The number of esters is 1. The first-order valence-corrected chi connectivity index (χ1v) is 16.5. The third-order valence-corrected chi connectivity index (χ3v) is 9.99. The van der Waals surface area contributed by atoms with Gasteiger partial charge in [-0.2, -0.15) is 0 Å². The number of phenols is 1. The van der Waals surface area contributed by atoms with E-state index in [0.717, 1.165) is 65.7 Å². The Labute approximate surface area is 257 Å². The van der Waals surface area contributed by atoms with Gasteiger partial charge in [0.15, 0.2) is 5.78 Å². The van der Waals surface area contributed by atoms with Gasteiger partial charge in [-0.05, 0) is 90.8 Å². The highest BCUT2D eigenvalue weighted by atomic mass is 16.5. The number of anilines is 1. The Morgan fingerprint density at radius 2 is 1.65 bits per heavy atom. The van der Waals surface area contributed by atoms with Crippen LogP contribution in [0, 0.1) is 23.7 Å². The highest BCUT2D eigenvalue weighted by Gasteiger charge is 2.26. The summed E-state index contributed by atoms with van der Waals surface area (Å²) in [6.07, 6.45) is 19.3. The Balaban J connectivity index is 0.965. The molecule has 1 aliphatic heterocycles. The van der Waals surface area contributed by atoms with Crippen molar-refractivity contribution >= 4 is 35.4 Å². The van der Waals surface area contributed by atoms with Crippen molar-refractivity contribution in [3.63, 3.8) is 0 Å². The molecule has 6 heteroatoms. The number of hydrogen-bond donors (Lipinski definition) is 2. The van der Waals surface area contributed by atoms with E-state index in [2.05, 4.69) is 16.9 Å². The van der Waals surface area contributed by atoms with Crippen LogP contribution >= 0.6 is 0 Å². The lowest BCUT2D eigenvalue weighted by Gasteiger charge is -2.32. The molecule has 6 nitrogen and oxygen atoms in total. The summed E-state index contributed by atoms with van der Waals surface area (Å²) < 4.78 is 5.59. The number of fused-ring (bicyclic) bond motifs is 1. The van der Waals surface area contributed by atoms with Gasteiger partial charge in [0.2, 0.25) is 0 Å². The molecule has 0 bridgehead atoms. The predicted octanol–water partition coefficient (Wildman–Crippen LogP) is 9.04. The van der Waals surface area contributed by atoms with Gasteiger partial charge in [0, 0.05) is 24.6 Å². The second kappa shape index (κ2) is 15.4. The van der Waals surface area contributed by atoms with E-state index >= 15 is 0 Å². The molecule has 0 atom stereocenters. The molecule has 43 heavy (non-hydrogen) atoms. The van der Waals surface area contributed by atoms with Crippen LogP contribution in [0.3, 0.4) is 0 Å². The summed E-state index contributed by atoms with van der Waals surface area (Å²) in [7, 11) is 0. The summed E-state index contributed by atoms with van der Waals surface area (Å²) >= 11 is 0. The van der Waals surface area contributed by atoms with E-state index in [1.165, 1.54) is 57.8 Å². The van der Waals surface area contributed by atoms with E-state index in [0.29, 0.717) is 24.7 Å². The van der Waals surface area contributed by atoms with Crippen molar-refractivity contribution in [2.75, 3.05) is 11.9 Å². The van der Waals surface area contributed by atoms with E-state index in [4.69, 9.17) is 4.74 Å². The van der Waals surface area contributed by atoms with Gasteiger partial charge in [-0.25, -0.2) is 0 Å². The Morgan fingerprint density at radius 1 is 0.930 bits per heavy atom. The smallest absolute Gasteiger partial charge is 0.306 e. The number of aliphatic imine (C=N–C) groups is 1. The normalized spacial score (nSPS) is 23.7. The second-order valence-corrected chi connectivity index (χ2v) is 13.1. The molecule has 5 rings (SSSR count). The van der Waals surface area contributed by atoms with Gasteiger partial charge >= 0.3 is 5.97 Å². The summed E-state index contributed by atoms with van der Waals surface area (Å²) in [5.41, 5.74) is 4.32. The molecule has 2 aromatic rings. The summed E-state index contributed by atoms with van der Waals surface area (Å²) in [5.74, 6) is 3.02. The first-order valence-electron chi connectivity index (χ1n) is 16.5. The molecule has 0 radical (unpaired) electrons. The molecular weight excluding hydrogens is 536 g/mol. The Kier molecular flexibility index (Phi) is 11.1. The topological polar surface area (TPSA) is 88.0 Å². The number of hydrogen-bond acceptors (Lipinski definition) is 6. The number of ether oxygens (including phenoxy) is 1. The number of carbonyl (C=O) groups excluding carboxylic acids is 2. The number of Topliss-reactive ketones (excluding diaryl/α,β-unsaturated/α-hetero) is 1. The monoisotopic (exact) mass is 584 g/mol. The lowest BCUT2D eigenvalue weighted by Crippen LogP contribution is -2.20.